The summed E-state index contributed by atoms with van der Waals surface area (Å²) in [6, 6.07) is 11.1. The Balaban J connectivity index is 1.82. The third-order valence-electron chi connectivity index (χ3n) is 5.34. The van der Waals surface area contributed by atoms with Crippen LogP contribution in [0.4, 0.5) is 10.1 Å². The first-order valence-electron chi connectivity index (χ1n) is 9.63. The van der Waals surface area contributed by atoms with Gasteiger partial charge in [-0.05, 0) is 73.2 Å². The molecule has 0 spiro atoms. The molecule has 0 saturated carbocycles. The average Bonchev–Trinajstić information content (AvgIpc) is 3.21. The summed E-state index contributed by atoms with van der Waals surface area (Å²) in [7, 11) is 0. The van der Waals surface area contributed by atoms with Crippen molar-refractivity contribution in [2.45, 2.75) is 27.3 Å². The molecule has 0 aliphatic heterocycles. The lowest BCUT2D eigenvalue weighted by Gasteiger charge is -2.15. The van der Waals surface area contributed by atoms with E-state index in [0.29, 0.717) is 27.2 Å². The lowest BCUT2D eigenvalue weighted by Crippen LogP contribution is -2.40. The molecule has 0 saturated heterocycles. The van der Waals surface area contributed by atoms with Crippen molar-refractivity contribution < 1.29 is 9.18 Å². The molecule has 2 aromatic carbocycles. The number of fused-ring (bicyclic) bond motifs is 1. The van der Waals surface area contributed by atoms with E-state index < -0.39 is 23.0 Å². The van der Waals surface area contributed by atoms with Crippen LogP contribution in [0.15, 0.2) is 57.4 Å². The van der Waals surface area contributed by atoms with Gasteiger partial charge in [-0.3, -0.25) is 14.2 Å². The molecule has 2 aromatic heterocycles. The van der Waals surface area contributed by atoms with Gasteiger partial charge in [-0.2, -0.15) is 0 Å². The van der Waals surface area contributed by atoms with Crippen molar-refractivity contribution in [1.29, 1.82) is 0 Å². The fraction of sp³-hybridized carbons (Fsp3) is 0.174. The number of nitrogens with one attached hydrogen (secondary N) is 1. The largest absolute Gasteiger partial charge is 0.336 e. The molecule has 8 heteroatoms. The number of carbonyl (C=O) groups excluding carboxylic acids is 1. The lowest BCUT2D eigenvalue weighted by atomic mass is 10.1. The SMILES string of the molecule is Cc1cc(F)ccc1NC(=O)Cn1c(=O)n(-c2cccc(C)c2C)c(=O)c2sccc21. The molecule has 4 rings (SSSR count). The van der Waals surface area contributed by atoms with Crippen LogP contribution < -0.4 is 16.6 Å². The van der Waals surface area contributed by atoms with E-state index in [1.165, 1.54) is 34.1 Å². The van der Waals surface area contributed by atoms with Gasteiger partial charge in [0, 0.05) is 5.69 Å². The Hall–Kier alpha value is -3.52. The van der Waals surface area contributed by atoms with Crippen LogP contribution in [0.1, 0.15) is 16.7 Å². The molecule has 0 radical (unpaired) electrons. The van der Waals surface area contributed by atoms with Gasteiger partial charge in [-0.1, -0.05) is 12.1 Å². The maximum Gasteiger partial charge on any atom is 0.336 e. The molecule has 0 bridgehead atoms. The number of carbonyl (C=O) groups is 1. The van der Waals surface area contributed by atoms with Crippen molar-refractivity contribution in [3.8, 4) is 5.69 Å². The Morgan fingerprint density at radius 1 is 1.06 bits per heavy atom. The molecule has 6 nitrogen and oxygen atoms in total. The number of rotatable bonds is 4. The van der Waals surface area contributed by atoms with Crippen LogP contribution in [0.2, 0.25) is 0 Å². The van der Waals surface area contributed by atoms with Crippen LogP contribution >= 0.6 is 11.3 Å². The van der Waals surface area contributed by atoms with E-state index in [9.17, 15) is 18.8 Å². The maximum absolute atomic E-state index is 13.4. The van der Waals surface area contributed by atoms with Crippen LogP contribution in [0.3, 0.4) is 0 Å². The Labute approximate surface area is 181 Å². The smallest absolute Gasteiger partial charge is 0.324 e. The molecule has 4 aromatic rings. The highest BCUT2D eigenvalue weighted by molar-refractivity contribution is 7.17. The quantitative estimate of drug-likeness (QED) is 0.526. The van der Waals surface area contributed by atoms with Crippen molar-refractivity contribution in [3.05, 3.63) is 91.2 Å². The standard InChI is InChI=1S/C23H20FN3O3S/c1-13-5-4-6-18(15(13)3)27-22(29)21-19(9-10-31-21)26(23(27)30)12-20(28)25-17-8-7-16(24)11-14(17)2/h4-11H,12H2,1-3H3,(H,25,28). The number of hydrogen-bond donors (Lipinski definition) is 1. The maximum atomic E-state index is 13.4. The summed E-state index contributed by atoms with van der Waals surface area (Å²) in [6.07, 6.45) is 0. The number of anilines is 1. The molecule has 0 atom stereocenters. The van der Waals surface area contributed by atoms with Gasteiger partial charge in [0.25, 0.3) is 5.56 Å². The molecule has 31 heavy (non-hydrogen) atoms. The highest BCUT2D eigenvalue weighted by atomic mass is 32.1. The van der Waals surface area contributed by atoms with Gasteiger partial charge in [0.15, 0.2) is 0 Å². The Bertz CT molecular complexity index is 1450. The fourth-order valence-electron chi connectivity index (χ4n) is 3.53. The lowest BCUT2D eigenvalue weighted by molar-refractivity contribution is -0.116. The summed E-state index contributed by atoms with van der Waals surface area (Å²) < 4.78 is 16.2. The van der Waals surface area contributed by atoms with Gasteiger partial charge in [0.05, 0.1) is 11.2 Å². The Morgan fingerprint density at radius 2 is 1.84 bits per heavy atom. The summed E-state index contributed by atoms with van der Waals surface area (Å²) in [5, 5.41) is 4.43. The third kappa shape index (κ3) is 3.70. The second-order valence-electron chi connectivity index (χ2n) is 7.37. The summed E-state index contributed by atoms with van der Waals surface area (Å²) in [6.45, 7) is 5.16. The van der Waals surface area contributed by atoms with E-state index in [1.54, 1.807) is 30.5 Å². The van der Waals surface area contributed by atoms with E-state index in [4.69, 9.17) is 0 Å². The van der Waals surface area contributed by atoms with Gasteiger partial charge in [-0.25, -0.2) is 13.8 Å². The zero-order valence-electron chi connectivity index (χ0n) is 17.2. The first-order valence-corrected chi connectivity index (χ1v) is 10.5. The summed E-state index contributed by atoms with van der Waals surface area (Å²) >= 11 is 1.22. The predicted octanol–water partition coefficient (Wildman–Crippen LogP) is 3.92. The zero-order valence-corrected chi connectivity index (χ0v) is 18.0. The van der Waals surface area contributed by atoms with Gasteiger partial charge >= 0.3 is 5.69 Å². The van der Waals surface area contributed by atoms with Crippen LogP contribution in [0, 0.1) is 26.6 Å². The number of nitrogens with zero attached hydrogens (tertiary/aromatic N) is 2. The number of halogens is 1. The van der Waals surface area contributed by atoms with Crippen molar-refractivity contribution >= 4 is 33.1 Å². The number of amides is 1. The van der Waals surface area contributed by atoms with E-state index in [0.717, 1.165) is 15.7 Å². The second-order valence-corrected chi connectivity index (χ2v) is 8.29. The van der Waals surface area contributed by atoms with E-state index in [2.05, 4.69) is 5.32 Å². The summed E-state index contributed by atoms with van der Waals surface area (Å²) in [5.74, 6) is -0.845. The highest BCUT2D eigenvalue weighted by Gasteiger charge is 2.19. The van der Waals surface area contributed by atoms with Crippen molar-refractivity contribution in [3.63, 3.8) is 0 Å². The van der Waals surface area contributed by atoms with E-state index in [-0.39, 0.29) is 6.54 Å². The van der Waals surface area contributed by atoms with Gasteiger partial charge < -0.3 is 5.32 Å². The minimum absolute atomic E-state index is 0.284. The first-order chi connectivity index (χ1) is 14.8. The van der Waals surface area contributed by atoms with Crippen molar-refractivity contribution in [2.75, 3.05) is 5.32 Å². The predicted molar refractivity (Wildman–Crippen MR) is 121 cm³/mol. The zero-order chi connectivity index (χ0) is 22.3. The average molecular weight is 437 g/mol. The highest BCUT2D eigenvalue weighted by Crippen LogP contribution is 2.20. The van der Waals surface area contributed by atoms with Crippen molar-refractivity contribution in [1.82, 2.24) is 9.13 Å². The minimum atomic E-state index is -0.587. The molecular formula is C23H20FN3O3S. The first kappa shape index (κ1) is 20.7. The van der Waals surface area contributed by atoms with Crippen LogP contribution in [0.5, 0.6) is 0 Å². The van der Waals surface area contributed by atoms with Gasteiger partial charge in [0.1, 0.15) is 17.1 Å². The number of aromatic nitrogens is 2. The van der Waals surface area contributed by atoms with Crippen LogP contribution in [0.25, 0.3) is 15.9 Å². The van der Waals surface area contributed by atoms with Crippen LogP contribution in [-0.4, -0.2) is 15.0 Å². The normalized spacial score (nSPS) is 11.1. The van der Waals surface area contributed by atoms with Crippen LogP contribution in [-0.2, 0) is 11.3 Å². The molecule has 1 amide bonds. The molecule has 0 aliphatic carbocycles. The molecule has 1 N–H and O–H groups in total. The fourth-order valence-corrected chi connectivity index (χ4v) is 4.36. The summed E-state index contributed by atoms with van der Waals surface area (Å²) in [5.41, 5.74) is 2.71. The summed E-state index contributed by atoms with van der Waals surface area (Å²) in [4.78, 5) is 39.2. The Kier molecular flexibility index (Phi) is 5.32. The third-order valence-corrected chi connectivity index (χ3v) is 6.23. The monoisotopic (exact) mass is 437 g/mol. The minimum Gasteiger partial charge on any atom is -0.324 e. The molecule has 158 valence electrons. The molecule has 0 unspecified atom stereocenters. The van der Waals surface area contributed by atoms with Gasteiger partial charge in [-0.15, -0.1) is 11.3 Å². The van der Waals surface area contributed by atoms with E-state index in [1.807, 2.05) is 19.9 Å². The molecule has 2 heterocycles. The second kappa shape index (κ2) is 7.96. The molecule has 0 fully saturated rings. The number of aryl methyl sites for hydroxylation is 2. The topological polar surface area (TPSA) is 73.1 Å². The van der Waals surface area contributed by atoms with Crippen molar-refractivity contribution in [2.24, 2.45) is 0 Å². The molecular weight excluding hydrogens is 417 g/mol. The van der Waals surface area contributed by atoms with E-state index >= 15 is 0 Å². The number of benzene rings is 2. The number of thiophene rings is 1. The van der Waals surface area contributed by atoms with Gasteiger partial charge in [0.2, 0.25) is 5.91 Å². The number of hydrogen-bond acceptors (Lipinski definition) is 4. The molecule has 0 aliphatic rings. The Morgan fingerprint density at radius 3 is 2.58 bits per heavy atom.